The molecule has 20 nitrogen and oxygen atoms in total. The van der Waals surface area contributed by atoms with Crippen molar-refractivity contribution in [1.82, 2.24) is 42.2 Å². The fraction of sp³-hybridized carbons (Fsp3) is 0.431. The number of carbonyl (C=O) groups excluding carboxylic acids is 8. The average molecular weight is 1060 g/mol. The summed E-state index contributed by atoms with van der Waals surface area (Å²) in [7, 11) is 0. The number of carbonyl (C=O) groups is 8. The van der Waals surface area contributed by atoms with E-state index in [9.17, 15) is 38.4 Å². The lowest BCUT2D eigenvalue weighted by Crippen LogP contribution is -2.58. The number of nitrogens with one attached hydrogen (secondary N) is 8. The Balaban J connectivity index is 1.49. The zero-order chi connectivity index (χ0) is 52.0. The SMILES string of the molecule is CCCCC(=O)N[C@H]1CC(=O)NCCCC[C@@H](C(N)=O)NC(=O)[C@H](Cc2c[nH]c3ccccc23)NC(=O)[C@H](CCCN=C(N)N)NC(=O)[C@@H](Cc2ccccc2)NC(=O)CCc2c(Br)cccc2CNC1=O. The maximum atomic E-state index is 14.5. The van der Waals surface area contributed by atoms with Crippen LogP contribution in [0.25, 0.3) is 10.9 Å². The minimum absolute atomic E-state index is 0.00402. The highest BCUT2D eigenvalue weighted by atomic mass is 79.9. The second-order valence-electron chi connectivity index (χ2n) is 17.8. The molecule has 0 saturated heterocycles. The highest BCUT2D eigenvalue weighted by Gasteiger charge is 2.32. The summed E-state index contributed by atoms with van der Waals surface area (Å²) in [6.07, 6.45) is 4.03. The number of amides is 8. The number of fused-ring (bicyclic) bond motifs is 2. The molecule has 8 amide bonds. The molecule has 0 radical (unpaired) electrons. The Hall–Kier alpha value is -7.29. The molecule has 0 aliphatic carbocycles. The molecular weight excluding hydrogens is 989 g/mol. The van der Waals surface area contributed by atoms with Crippen LogP contribution in [-0.4, -0.2) is 101 Å². The smallest absolute Gasteiger partial charge is 0.243 e. The number of hydrogen-bond acceptors (Lipinski definition) is 9. The number of primary amides is 1. The Kier molecular flexibility index (Phi) is 22.0. The standard InChI is InChI=1S/C51H67BrN12O8/c1-2-3-21-43(65)61-42-28-45(67)56-24-10-9-19-38(46(53)68)62-50(72)41(27-33-30-58-37-18-8-7-16-35(33)37)64-48(70)39(20-12-25-57-51(54)55)63-49(71)40(26-31-13-5-4-6-14-31)60-44(66)23-22-34-32(29-59-47(42)69)15-11-17-36(34)52/h4-8,11,13-18,30,38-42,58H,2-3,9-10,12,19-29H2,1H3,(H2,53,68)(H,56,67)(H,59,69)(H,60,66)(H,61,65)(H,62,72)(H,63,71)(H,64,70)(H4,54,55,57)/t38-,39-,40+,41-,42-/m0/s1. The van der Waals surface area contributed by atoms with Gasteiger partial charge in [0.15, 0.2) is 5.96 Å². The van der Waals surface area contributed by atoms with Crippen molar-refractivity contribution in [1.29, 1.82) is 0 Å². The second kappa shape index (κ2) is 28.5. The molecule has 0 fully saturated rings. The third kappa shape index (κ3) is 17.8. The van der Waals surface area contributed by atoms with Gasteiger partial charge >= 0.3 is 0 Å². The van der Waals surface area contributed by atoms with E-state index in [2.05, 4.69) is 63.1 Å². The van der Waals surface area contributed by atoms with Crippen LogP contribution >= 0.6 is 15.9 Å². The summed E-state index contributed by atoms with van der Waals surface area (Å²) in [6.45, 7) is 2.20. The lowest BCUT2D eigenvalue weighted by atomic mass is 10.0. The molecule has 3 aromatic carbocycles. The first kappa shape index (κ1) is 55.6. The normalized spacial score (nSPS) is 20.5. The molecule has 21 heteroatoms. The number of rotatable bonds is 13. The van der Waals surface area contributed by atoms with Crippen LogP contribution in [0, 0.1) is 0 Å². The molecule has 1 aliphatic heterocycles. The highest BCUT2D eigenvalue weighted by Crippen LogP contribution is 2.23. The Morgan fingerprint density at radius 2 is 1.44 bits per heavy atom. The van der Waals surface area contributed by atoms with E-state index >= 15 is 0 Å². The highest BCUT2D eigenvalue weighted by molar-refractivity contribution is 9.10. The number of benzene rings is 3. The van der Waals surface area contributed by atoms with E-state index in [1.807, 2.05) is 37.3 Å². The van der Waals surface area contributed by atoms with E-state index in [0.717, 1.165) is 22.9 Å². The summed E-state index contributed by atoms with van der Waals surface area (Å²) in [5.41, 5.74) is 20.5. The summed E-state index contributed by atoms with van der Waals surface area (Å²) < 4.78 is 0.668. The van der Waals surface area contributed by atoms with Gasteiger partial charge in [0, 0.05) is 66.9 Å². The summed E-state index contributed by atoms with van der Waals surface area (Å²) in [4.78, 5) is 117. The van der Waals surface area contributed by atoms with Gasteiger partial charge in [0.2, 0.25) is 47.3 Å². The van der Waals surface area contributed by atoms with Gasteiger partial charge in [-0.2, -0.15) is 0 Å². The number of para-hydroxylation sites is 1. The van der Waals surface area contributed by atoms with Gasteiger partial charge in [-0.1, -0.05) is 89.9 Å². The number of hydrogen-bond donors (Lipinski definition) is 11. The van der Waals surface area contributed by atoms with Crippen LogP contribution in [-0.2, 0) is 64.2 Å². The molecule has 386 valence electrons. The summed E-state index contributed by atoms with van der Waals surface area (Å²) in [5.74, 6) is -5.06. The van der Waals surface area contributed by atoms with Gasteiger partial charge in [-0.3, -0.25) is 43.3 Å². The van der Waals surface area contributed by atoms with Crippen LogP contribution in [0.15, 0.2) is 88.5 Å². The van der Waals surface area contributed by atoms with Crippen molar-refractivity contribution in [3.8, 4) is 0 Å². The van der Waals surface area contributed by atoms with Crippen molar-refractivity contribution in [2.75, 3.05) is 13.1 Å². The number of unbranched alkanes of at least 4 members (excludes halogenated alkanes) is 1. The number of nitrogens with two attached hydrogens (primary N) is 3. The van der Waals surface area contributed by atoms with Crippen molar-refractivity contribution in [3.63, 3.8) is 0 Å². The first-order valence-electron chi connectivity index (χ1n) is 24.4. The van der Waals surface area contributed by atoms with Crippen LogP contribution in [0.4, 0.5) is 0 Å². The van der Waals surface area contributed by atoms with E-state index in [4.69, 9.17) is 17.2 Å². The van der Waals surface area contributed by atoms with Gasteiger partial charge in [0.05, 0.1) is 6.42 Å². The lowest BCUT2D eigenvalue weighted by molar-refractivity contribution is -0.134. The monoisotopic (exact) mass is 1050 g/mol. The van der Waals surface area contributed by atoms with Crippen molar-refractivity contribution in [3.05, 3.63) is 106 Å². The van der Waals surface area contributed by atoms with Crippen LogP contribution in [0.1, 0.15) is 93.4 Å². The third-order valence-corrected chi connectivity index (χ3v) is 13.0. The number of aromatic nitrogens is 1. The zero-order valence-electron chi connectivity index (χ0n) is 40.5. The lowest BCUT2D eigenvalue weighted by Gasteiger charge is -2.26. The molecule has 0 unspecified atom stereocenters. The average Bonchev–Trinajstić information content (AvgIpc) is 3.76. The fourth-order valence-corrected chi connectivity index (χ4v) is 8.90. The molecule has 1 aromatic heterocycles. The largest absolute Gasteiger partial charge is 0.370 e. The van der Waals surface area contributed by atoms with Gasteiger partial charge in [-0.05, 0) is 79.3 Å². The predicted octanol–water partition coefficient (Wildman–Crippen LogP) is 1.81. The van der Waals surface area contributed by atoms with E-state index < -0.39 is 71.6 Å². The molecule has 14 N–H and O–H groups in total. The van der Waals surface area contributed by atoms with E-state index in [1.54, 1.807) is 48.7 Å². The molecule has 72 heavy (non-hydrogen) atoms. The number of aromatic amines is 1. The molecular formula is C51H67BrN12O8. The van der Waals surface area contributed by atoms with E-state index in [-0.39, 0.29) is 89.3 Å². The molecule has 0 bridgehead atoms. The molecule has 0 spiro atoms. The minimum Gasteiger partial charge on any atom is -0.370 e. The van der Waals surface area contributed by atoms with Gasteiger partial charge in [-0.25, -0.2) is 0 Å². The molecule has 2 heterocycles. The van der Waals surface area contributed by atoms with Crippen LogP contribution in [0.2, 0.25) is 0 Å². The second-order valence-corrected chi connectivity index (χ2v) is 18.6. The Morgan fingerprint density at radius 1 is 0.736 bits per heavy atom. The summed E-state index contributed by atoms with van der Waals surface area (Å²) in [5, 5.41) is 20.4. The first-order valence-corrected chi connectivity index (χ1v) is 25.1. The van der Waals surface area contributed by atoms with Gasteiger partial charge in [-0.15, -0.1) is 0 Å². The first-order chi connectivity index (χ1) is 34.6. The van der Waals surface area contributed by atoms with E-state index in [1.165, 1.54) is 0 Å². The third-order valence-electron chi connectivity index (χ3n) is 12.2. The Bertz CT molecular complexity index is 2550. The molecule has 5 atom stereocenters. The van der Waals surface area contributed by atoms with Crippen LogP contribution in [0.5, 0.6) is 0 Å². The number of H-pyrrole nitrogens is 1. The molecule has 4 aromatic rings. The summed E-state index contributed by atoms with van der Waals surface area (Å²) in [6, 6.07) is 15.7. The van der Waals surface area contributed by atoms with Crippen molar-refractivity contribution < 1.29 is 38.4 Å². The van der Waals surface area contributed by atoms with Gasteiger partial charge < -0.3 is 59.4 Å². The molecule has 0 saturated carbocycles. The number of guanidine groups is 1. The quantitative estimate of drug-likeness (QED) is 0.0524. The minimum atomic E-state index is -1.28. The fourth-order valence-electron chi connectivity index (χ4n) is 8.30. The number of halogens is 1. The van der Waals surface area contributed by atoms with Gasteiger partial charge in [0.1, 0.15) is 30.2 Å². The Morgan fingerprint density at radius 3 is 2.19 bits per heavy atom. The van der Waals surface area contributed by atoms with Crippen molar-refractivity contribution in [2.45, 2.75) is 127 Å². The maximum absolute atomic E-state index is 14.5. The van der Waals surface area contributed by atoms with E-state index in [0.29, 0.717) is 40.4 Å². The number of nitrogens with zero attached hydrogens (tertiary/aromatic N) is 1. The molecule has 5 rings (SSSR count). The number of aliphatic imine (C=N–C) groups is 1. The Labute approximate surface area is 427 Å². The predicted molar refractivity (Wildman–Crippen MR) is 276 cm³/mol. The molecule has 1 aliphatic rings. The van der Waals surface area contributed by atoms with Crippen molar-refractivity contribution >= 4 is 80.0 Å². The topological polar surface area (TPSA) is 327 Å². The van der Waals surface area contributed by atoms with Gasteiger partial charge in [0.25, 0.3) is 0 Å². The summed E-state index contributed by atoms with van der Waals surface area (Å²) >= 11 is 3.59. The maximum Gasteiger partial charge on any atom is 0.243 e. The van der Waals surface area contributed by atoms with Crippen LogP contribution in [0.3, 0.4) is 0 Å². The van der Waals surface area contributed by atoms with Crippen molar-refractivity contribution in [2.24, 2.45) is 22.2 Å². The zero-order valence-corrected chi connectivity index (χ0v) is 42.1. The van der Waals surface area contributed by atoms with Crippen LogP contribution < -0.4 is 54.4 Å².